The predicted molar refractivity (Wildman–Crippen MR) is 218 cm³/mol. The second kappa shape index (κ2) is 18.2. The molecule has 12 nitrogen and oxygen atoms in total. The van der Waals surface area contributed by atoms with Crippen molar-refractivity contribution < 1.29 is 4.52 Å². The van der Waals surface area contributed by atoms with Crippen molar-refractivity contribution in [1.29, 1.82) is 0 Å². The van der Waals surface area contributed by atoms with Crippen LogP contribution in [0, 0.1) is 13.8 Å². The van der Waals surface area contributed by atoms with Gasteiger partial charge in [-0.15, -0.1) is 0 Å². The SMILES string of the molecule is C.Cc1cnc2ccc(=O)n(CCN3CCC(N)CC3)c2c1.Cc1cnc2ccc(=O)n(CCN3CCC(NCc4cc(-c5ccsc5)on4)CC3)c2c1. The molecule has 0 saturated carbocycles. The van der Waals surface area contributed by atoms with Crippen LogP contribution in [0.2, 0.25) is 0 Å². The normalized spacial score (nSPS) is 16.0. The van der Waals surface area contributed by atoms with E-state index in [0.29, 0.717) is 25.2 Å². The predicted octanol–water partition coefficient (Wildman–Crippen LogP) is 5.44. The zero-order valence-electron chi connectivity index (χ0n) is 30.6. The van der Waals surface area contributed by atoms with E-state index in [-0.39, 0.29) is 18.5 Å². The molecule has 2 aliphatic heterocycles. The molecular weight excluding hydrogens is 699 g/mol. The first-order chi connectivity index (χ1) is 25.8. The number of hydrogen-bond acceptors (Lipinski definition) is 11. The van der Waals surface area contributed by atoms with E-state index >= 15 is 0 Å². The van der Waals surface area contributed by atoms with E-state index in [1.807, 2.05) is 71.1 Å². The van der Waals surface area contributed by atoms with Crippen molar-refractivity contribution in [3.05, 3.63) is 109 Å². The molecule has 2 fully saturated rings. The quantitative estimate of drug-likeness (QED) is 0.186. The van der Waals surface area contributed by atoms with Crippen LogP contribution >= 0.6 is 11.3 Å². The first-order valence-electron chi connectivity index (χ1n) is 18.6. The maximum Gasteiger partial charge on any atom is 0.251 e. The topological polar surface area (TPSA) is 140 Å². The molecule has 6 aromatic heterocycles. The van der Waals surface area contributed by atoms with E-state index in [1.54, 1.807) is 29.5 Å². The lowest BCUT2D eigenvalue weighted by atomic mass is 10.0. The van der Waals surface area contributed by atoms with Crippen molar-refractivity contribution >= 4 is 33.4 Å². The number of nitrogens with zero attached hydrogens (tertiary/aromatic N) is 7. The minimum atomic E-state index is 0. The van der Waals surface area contributed by atoms with Gasteiger partial charge >= 0.3 is 0 Å². The molecule has 0 radical (unpaired) electrons. The van der Waals surface area contributed by atoms with Crippen molar-refractivity contribution in [2.45, 2.75) is 78.7 Å². The Hall–Kier alpha value is -4.53. The molecule has 8 heterocycles. The van der Waals surface area contributed by atoms with Gasteiger partial charge in [0.15, 0.2) is 5.76 Å². The Bertz CT molecular complexity index is 2230. The van der Waals surface area contributed by atoms with Crippen molar-refractivity contribution in [2.24, 2.45) is 5.73 Å². The third kappa shape index (κ3) is 9.76. The lowest BCUT2D eigenvalue weighted by Crippen LogP contribution is -2.43. The van der Waals surface area contributed by atoms with Crippen LogP contribution in [0.25, 0.3) is 33.4 Å². The maximum atomic E-state index is 12.5. The van der Waals surface area contributed by atoms with Gasteiger partial charge < -0.3 is 34.5 Å². The molecule has 13 heteroatoms. The Labute approximate surface area is 320 Å². The summed E-state index contributed by atoms with van der Waals surface area (Å²) in [6.07, 6.45) is 7.94. The van der Waals surface area contributed by atoms with Crippen LogP contribution in [0.3, 0.4) is 0 Å². The van der Waals surface area contributed by atoms with E-state index in [9.17, 15) is 9.59 Å². The summed E-state index contributed by atoms with van der Waals surface area (Å²) in [4.78, 5) is 38.3. The third-order valence-electron chi connectivity index (χ3n) is 10.4. The minimum absolute atomic E-state index is 0. The van der Waals surface area contributed by atoms with Gasteiger partial charge in [-0.3, -0.25) is 19.6 Å². The van der Waals surface area contributed by atoms with Crippen molar-refractivity contribution in [3.8, 4) is 11.3 Å². The second-order valence-electron chi connectivity index (χ2n) is 14.4. The monoisotopic (exact) mass is 751 g/mol. The third-order valence-corrected chi connectivity index (χ3v) is 11.1. The van der Waals surface area contributed by atoms with Gasteiger partial charge in [-0.2, -0.15) is 11.3 Å². The number of pyridine rings is 4. The summed E-state index contributed by atoms with van der Waals surface area (Å²) in [5, 5.41) is 11.9. The highest BCUT2D eigenvalue weighted by atomic mass is 32.1. The molecule has 0 bridgehead atoms. The summed E-state index contributed by atoms with van der Waals surface area (Å²) < 4.78 is 9.16. The van der Waals surface area contributed by atoms with Gasteiger partial charge in [-0.25, -0.2) is 0 Å². The number of piperidine rings is 2. The molecule has 0 spiro atoms. The first kappa shape index (κ1) is 39.2. The molecule has 0 atom stereocenters. The zero-order valence-corrected chi connectivity index (χ0v) is 31.4. The summed E-state index contributed by atoms with van der Waals surface area (Å²) >= 11 is 1.65. The molecule has 0 amide bonds. The molecule has 54 heavy (non-hydrogen) atoms. The van der Waals surface area contributed by atoms with E-state index in [1.165, 1.54) is 0 Å². The van der Waals surface area contributed by atoms with Crippen LogP contribution in [0.5, 0.6) is 0 Å². The van der Waals surface area contributed by atoms with E-state index in [4.69, 9.17) is 10.3 Å². The lowest BCUT2D eigenvalue weighted by molar-refractivity contribution is 0.191. The number of nitrogens with one attached hydrogen (secondary N) is 1. The summed E-state index contributed by atoms with van der Waals surface area (Å²) in [6, 6.07) is 15.8. The fourth-order valence-electron chi connectivity index (χ4n) is 7.20. The highest BCUT2D eigenvalue weighted by Gasteiger charge is 2.20. The largest absolute Gasteiger partial charge is 0.356 e. The average Bonchev–Trinajstić information content (AvgIpc) is 3.88. The van der Waals surface area contributed by atoms with Crippen LogP contribution in [-0.2, 0) is 19.6 Å². The Morgan fingerprint density at radius 3 is 1.87 bits per heavy atom. The second-order valence-corrected chi connectivity index (χ2v) is 15.1. The van der Waals surface area contributed by atoms with Crippen LogP contribution in [-0.4, -0.2) is 85.4 Å². The number of nitrogens with two attached hydrogens (primary N) is 1. The molecular formula is C41H53N9O3S. The van der Waals surface area contributed by atoms with Crippen molar-refractivity contribution in [3.63, 3.8) is 0 Å². The fourth-order valence-corrected chi connectivity index (χ4v) is 7.85. The van der Waals surface area contributed by atoms with Crippen molar-refractivity contribution in [1.82, 2.24) is 39.4 Å². The van der Waals surface area contributed by atoms with E-state index in [0.717, 1.165) is 122 Å². The van der Waals surface area contributed by atoms with Gasteiger partial charge in [-0.1, -0.05) is 12.6 Å². The molecule has 286 valence electrons. The van der Waals surface area contributed by atoms with Crippen LogP contribution in [0.4, 0.5) is 0 Å². The van der Waals surface area contributed by atoms with Crippen molar-refractivity contribution in [2.75, 3.05) is 39.3 Å². The van der Waals surface area contributed by atoms with Crippen LogP contribution < -0.4 is 22.2 Å². The van der Waals surface area contributed by atoms with E-state index < -0.39 is 0 Å². The van der Waals surface area contributed by atoms with Gasteiger partial charge in [0.25, 0.3) is 11.1 Å². The Morgan fingerprint density at radius 2 is 1.33 bits per heavy atom. The van der Waals surface area contributed by atoms with Gasteiger partial charge in [0.1, 0.15) is 0 Å². The van der Waals surface area contributed by atoms with E-state index in [2.05, 4.69) is 35.6 Å². The number of fused-ring (bicyclic) bond motifs is 2. The van der Waals surface area contributed by atoms with Crippen LogP contribution in [0.15, 0.2) is 85.8 Å². The number of likely N-dealkylation sites (tertiary alicyclic amines) is 2. The molecule has 2 saturated heterocycles. The summed E-state index contributed by atoms with van der Waals surface area (Å²) in [6.45, 7) is 12.0. The lowest BCUT2D eigenvalue weighted by Gasteiger charge is -2.32. The van der Waals surface area contributed by atoms with Gasteiger partial charge in [-0.05, 0) is 113 Å². The smallest absolute Gasteiger partial charge is 0.251 e. The maximum absolute atomic E-state index is 12.5. The number of hydrogen-bond donors (Lipinski definition) is 2. The van der Waals surface area contributed by atoms with Gasteiger partial charge in [0.05, 0.1) is 27.8 Å². The number of aryl methyl sites for hydroxylation is 2. The summed E-state index contributed by atoms with van der Waals surface area (Å²) in [7, 11) is 0. The zero-order chi connectivity index (χ0) is 36.7. The minimum Gasteiger partial charge on any atom is -0.356 e. The summed E-state index contributed by atoms with van der Waals surface area (Å²) in [5.41, 5.74) is 13.8. The molecule has 0 unspecified atom stereocenters. The summed E-state index contributed by atoms with van der Waals surface area (Å²) in [5.74, 6) is 0.826. The number of thiophene rings is 1. The Morgan fingerprint density at radius 1 is 0.778 bits per heavy atom. The highest BCUT2D eigenvalue weighted by molar-refractivity contribution is 7.08. The highest BCUT2D eigenvalue weighted by Crippen LogP contribution is 2.23. The molecule has 0 aromatic carbocycles. The van der Waals surface area contributed by atoms with Crippen LogP contribution in [0.1, 0.15) is 49.9 Å². The standard InChI is InChI=1S/C24H27N5O2S.C16H22N4O.CH4/c1-17-12-22-21(26-14-17)2-3-24(30)29(22)10-9-28-7-4-19(5-8-28)25-15-20-13-23(31-27-20)18-6-11-32-16-18;1-12-10-15-14(18-11-12)2-3-16(21)20(15)9-8-19-6-4-13(17)5-7-19;/h2-3,6,11-14,16,19,25H,4-5,7-10,15H2,1H3;2-3,10-11,13H,4-9,17H2,1H3;1H4. The Balaban J connectivity index is 0.000000197. The molecule has 8 rings (SSSR count). The first-order valence-corrected chi connectivity index (χ1v) is 19.6. The fraction of sp³-hybridized carbons (Fsp3) is 0.439. The molecule has 3 N–H and O–H groups in total. The Kier molecular flexibility index (Phi) is 13.2. The number of rotatable bonds is 10. The molecule has 0 aliphatic carbocycles. The average molecular weight is 752 g/mol. The molecule has 6 aromatic rings. The van der Waals surface area contributed by atoms with Gasteiger partial charge in [0, 0.05) is 86.3 Å². The molecule has 2 aliphatic rings. The number of aromatic nitrogens is 5. The van der Waals surface area contributed by atoms with Gasteiger partial charge in [0.2, 0.25) is 0 Å².